The average molecular weight is 424 g/mol. The summed E-state index contributed by atoms with van der Waals surface area (Å²) in [5.74, 6) is 1.10. The van der Waals surface area contributed by atoms with E-state index in [9.17, 15) is 0 Å². The molecule has 0 spiro atoms. The number of hydrogen-bond donors (Lipinski definition) is 0. The smallest absolute Gasteiger partial charge is 0 e. The van der Waals surface area contributed by atoms with Crippen molar-refractivity contribution in [2.24, 2.45) is 5.92 Å². The summed E-state index contributed by atoms with van der Waals surface area (Å²) in [6.45, 7) is 2.30. The molecule has 3 aromatic carbocycles. The molecule has 0 saturated heterocycles. The van der Waals surface area contributed by atoms with Crippen LogP contribution in [0.3, 0.4) is 0 Å². The molecule has 27 heavy (non-hydrogen) atoms. The molecule has 0 amide bonds. The molecule has 0 atom stereocenters. The third-order valence-electron chi connectivity index (χ3n) is 5.10. The Bertz CT molecular complexity index is 643. The molecule has 0 N–H and O–H groups in total. The standard InChI is InChI=1S/C18H15P.C7H14.Cu/c1-4-10-16(11-5-1)19(17-12-6-2-7-13-17)18-14-8-3-9-15-18;1-2-7-5-3-4-6-7;/h1-15H;7H,2-6H2,1H3;. The van der Waals surface area contributed by atoms with Crippen molar-refractivity contribution >= 4 is 23.8 Å². The normalized spacial score (nSPS) is 13.6. The first-order chi connectivity index (χ1) is 12.9. The minimum absolute atomic E-state index is 0. The molecule has 0 nitrogen and oxygen atoms in total. The second-order valence-corrected chi connectivity index (χ2v) is 9.12. The van der Waals surface area contributed by atoms with E-state index in [2.05, 4.69) is 97.9 Å². The van der Waals surface area contributed by atoms with E-state index >= 15 is 0 Å². The van der Waals surface area contributed by atoms with Gasteiger partial charge in [0.2, 0.25) is 0 Å². The SMILES string of the molecule is CCC1CCCC1.[Cu].c1ccc(P(c2ccccc2)c2ccccc2)cc1. The topological polar surface area (TPSA) is 0 Å². The minimum Gasteiger partial charge on any atom is -0.0651 e. The van der Waals surface area contributed by atoms with E-state index < -0.39 is 7.92 Å². The van der Waals surface area contributed by atoms with E-state index in [0.717, 1.165) is 5.92 Å². The van der Waals surface area contributed by atoms with Crippen molar-refractivity contribution in [1.29, 1.82) is 0 Å². The maximum Gasteiger partial charge on any atom is 0 e. The molecule has 2 heteroatoms. The van der Waals surface area contributed by atoms with Crippen LogP contribution < -0.4 is 15.9 Å². The van der Waals surface area contributed by atoms with Crippen molar-refractivity contribution in [3.05, 3.63) is 91.0 Å². The summed E-state index contributed by atoms with van der Waals surface area (Å²) < 4.78 is 0. The van der Waals surface area contributed by atoms with Crippen molar-refractivity contribution in [2.75, 3.05) is 0 Å². The zero-order valence-electron chi connectivity index (χ0n) is 16.0. The Morgan fingerprint density at radius 2 is 0.963 bits per heavy atom. The van der Waals surface area contributed by atoms with Crippen LogP contribution in [0.1, 0.15) is 39.0 Å². The van der Waals surface area contributed by atoms with Crippen molar-refractivity contribution in [2.45, 2.75) is 39.0 Å². The van der Waals surface area contributed by atoms with Crippen molar-refractivity contribution in [1.82, 2.24) is 0 Å². The van der Waals surface area contributed by atoms with Crippen LogP contribution in [0.25, 0.3) is 0 Å². The molecule has 1 saturated carbocycles. The molecule has 4 rings (SSSR count). The van der Waals surface area contributed by atoms with Gasteiger partial charge in [-0.1, -0.05) is 130 Å². The fraction of sp³-hybridized carbons (Fsp3) is 0.280. The molecule has 1 aliphatic rings. The molecule has 0 aromatic heterocycles. The van der Waals surface area contributed by atoms with Gasteiger partial charge in [0.1, 0.15) is 0 Å². The molecule has 0 bridgehead atoms. The molecular formula is C25H29CuP. The van der Waals surface area contributed by atoms with Gasteiger partial charge in [-0.15, -0.1) is 0 Å². The first-order valence-corrected chi connectivity index (χ1v) is 11.2. The van der Waals surface area contributed by atoms with Gasteiger partial charge < -0.3 is 0 Å². The van der Waals surface area contributed by atoms with Crippen LogP contribution in [0.4, 0.5) is 0 Å². The fourth-order valence-corrected chi connectivity index (χ4v) is 5.90. The summed E-state index contributed by atoms with van der Waals surface area (Å²) in [5, 5.41) is 4.19. The van der Waals surface area contributed by atoms with Gasteiger partial charge in [-0.2, -0.15) is 0 Å². The monoisotopic (exact) mass is 423 g/mol. The Morgan fingerprint density at radius 1 is 0.630 bits per heavy atom. The number of rotatable bonds is 4. The molecule has 0 heterocycles. The van der Waals surface area contributed by atoms with E-state index in [1.165, 1.54) is 48.0 Å². The van der Waals surface area contributed by atoms with E-state index in [1.54, 1.807) is 0 Å². The summed E-state index contributed by atoms with van der Waals surface area (Å²) in [5.41, 5.74) is 0. The molecule has 1 fully saturated rings. The summed E-state index contributed by atoms with van der Waals surface area (Å²) in [7, 11) is -0.446. The van der Waals surface area contributed by atoms with Gasteiger partial charge >= 0.3 is 0 Å². The zero-order chi connectivity index (χ0) is 18.0. The first-order valence-electron chi connectivity index (χ1n) is 9.83. The van der Waals surface area contributed by atoms with Crippen molar-refractivity contribution in [3.8, 4) is 0 Å². The van der Waals surface area contributed by atoms with Gasteiger partial charge in [0.25, 0.3) is 0 Å². The van der Waals surface area contributed by atoms with Crippen LogP contribution in [0.5, 0.6) is 0 Å². The Balaban J connectivity index is 0.000000278. The molecule has 1 aliphatic carbocycles. The Labute approximate surface area is 176 Å². The molecule has 3 aromatic rings. The Kier molecular flexibility index (Phi) is 9.85. The largest absolute Gasteiger partial charge is 0.0651 e. The summed E-state index contributed by atoms with van der Waals surface area (Å²) in [4.78, 5) is 0. The van der Waals surface area contributed by atoms with Crippen LogP contribution >= 0.6 is 7.92 Å². The quantitative estimate of drug-likeness (QED) is 0.355. The van der Waals surface area contributed by atoms with E-state index in [0.29, 0.717) is 0 Å². The molecule has 1 radical (unpaired) electrons. The Morgan fingerprint density at radius 3 is 1.22 bits per heavy atom. The van der Waals surface area contributed by atoms with Gasteiger partial charge in [0.15, 0.2) is 0 Å². The predicted octanol–water partition coefficient (Wildman–Crippen LogP) is 6.03. The Hall–Kier alpha value is -1.39. The van der Waals surface area contributed by atoms with Crippen LogP contribution in [-0.2, 0) is 17.1 Å². The molecular weight excluding hydrogens is 395 g/mol. The van der Waals surface area contributed by atoms with Crippen LogP contribution in [-0.4, -0.2) is 0 Å². The number of hydrogen-bond acceptors (Lipinski definition) is 0. The van der Waals surface area contributed by atoms with Crippen LogP contribution in [0, 0.1) is 5.92 Å². The first kappa shape index (κ1) is 21.9. The third kappa shape index (κ3) is 6.61. The summed E-state index contributed by atoms with van der Waals surface area (Å²) >= 11 is 0. The molecule has 0 aliphatic heterocycles. The third-order valence-corrected chi connectivity index (χ3v) is 7.54. The van der Waals surface area contributed by atoms with Gasteiger partial charge in [-0.3, -0.25) is 0 Å². The van der Waals surface area contributed by atoms with E-state index in [4.69, 9.17) is 0 Å². The minimum atomic E-state index is -0.446. The van der Waals surface area contributed by atoms with Crippen molar-refractivity contribution in [3.63, 3.8) is 0 Å². The van der Waals surface area contributed by atoms with E-state index in [-0.39, 0.29) is 17.1 Å². The molecule has 0 unspecified atom stereocenters. The van der Waals surface area contributed by atoms with Gasteiger partial charge in [-0.05, 0) is 29.8 Å². The maximum absolute atomic E-state index is 2.30. The predicted molar refractivity (Wildman–Crippen MR) is 117 cm³/mol. The zero-order valence-corrected chi connectivity index (χ0v) is 17.9. The summed E-state index contributed by atoms with van der Waals surface area (Å²) in [6.07, 6.45) is 7.43. The maximum atomic E-state index is 2.30. The van der Waals surface area contributed by atoms with Crippen molar-refractivity contribution < 1.29 is 17.1 Å². The van der Waals surface area contributed by atoms with E-state index in [1.807, 2.05) is 0 Å². The fourth-order valence-electron chi connectivity index (χ4n) is 3.60. The number of benzene rings is 3. The van der Waals surface area contributed by atoms with Crippen LogP contribution in [0.2, 0.25) is 0 Å². The second-order valence-electron chi connectivity index (χ2n) is 6.90. The molecule has 145 valence electrons. The second kappa shape index (κ2) is 12.1. The van der Waals surface area contributed by atoms with Gasteiger partial charge in [-0.25, -0.2) is 0 Å². The van der Waals surface area contributed by atoms with Gasteiger partial charge in [0, 0.05) is 17.1 Å². The van der Waals surface area contributed by atoms with Gasteiger partial charge in [0.05, 0.1) is 0 Å². The summed E-state index contributed by atoms with van der Waals surface area (Å²) in [6, 6.07) is 32.3. The van der Waals surface area contributed by atoms with Crippen LogP contribution in [0.15, 0.2) is 91.0 Å². The average Bonchev–Trinajstić information content (AvgIpc) is 3.25.